The SMILES string of the molecule is COC(=O)c1c(N)c(C#N)cn1-c1cc(OC)cc(-n2nnnc2C)c1. The molecule has 0 bridgehead atoms. The largest absolute Gasteiger partial charge is 0.497 e. The standard InChI is InChI=1S/C16H15N7O3/c1-9-19-20-21-23(9)12-4-11(5-13(6-12)25-2)22-8-10(7-17)14(18)15(22)16(24)26-3/h4-6,8H,18H2,1-3H3. The maximum atomic E-state index is 12.2. The first kappa shape index (κ1) is 17.0. The maximum absolute atomic E-state index is 12.2. The van der Waals surface area contributed by atoms with Crippen LogP contribution >= 0.6 is 0 Å². The highest BCUT2D eigenvalue weighted by atomic mass is 16.5. The Balaban J connectivity index is 2.26. The molecular weight excluding hydrogens is 338 g/mol. The van der Waals surface area contributed by atoms with Gasteiger partial charge in [-0.2, -0.15) is 9.94 Å². The summed E-state index contributed by atoms with van der Waals surface area (Å²) in [5.41, 5.74) is 7.34. The van der Waals surface area contributed by atoms with E-state index in [9.17, 15) is 10.1 Å². The minimum Gasteiger partial charge on any atom is -0.497 e. The average molecular weight is 353 g/mol. The van der Waals surface area contributed by atoms with Crippen LogP contribution in [0, 0.1) is 18.3 Å². The number of carbonyl (C=O) groups excluding carboxylic acids is 1. The molecular formula is C16H15N7O3. The molecule has 0 aliphatic carbocycles. The minimum atomic E-state index is -0.660. The van der Waals surface area contributed by atoms with Gasteiger partial charge in [-0.15, -0.1) is 5.10 Å². The van der Waals surface area contributed by atoms with Crippen molar-refractivity contribution in [1.29, 1.82) is 5.26 Å². The third kappa shape index (κ3) is 2.71. The van der Waals surface area contributed by atoms with E-state index in [0.717, 1.165) is 0 Å². The molecule has 3 aromatic rings. The van der Waals surface area contributed by atoms with Crippen LogP contribution < -0.4 is 10.5 Å². The summed E-state index contributed by atoms with van der Waals surface area (Å²) in [6.45, 7) is 1.75. The fourth-order valence-electron chi connectivity index (χ4n) is 2.54. The molecule has 0 saturated carbocycles. The molecule has 2 N–H and O–H groups in total. The third-order valence-electron chi connectivity index (χ3n) is 3.80. The second kappa shape index (κ2) is 6.56. The maximum Gasteiger partial charge on any atom is 0.357 e. The second-order valence-electron chi connectivity index (χ2n) is 5.31. The van der Waals surface area contributed by atoms with E-state index in [1.165, 1.54) is 29.7 Å². The molecule has 10 heteroatoms. The first-order chi connectivity index (χ1) is 12.5. The third-order valence-corrected chi connectivity index (χ3v) is 3.80. The zero-order valence-corrected chi connectivity index (χ0v) is 14.3. The Hall–Kier alpha value is -3.87. The number of nitrogen functional groups attached to an aromatic ring is 1. The molecule has 0 unspecified atom stereocenters. The van der Waals surface area contributed by atoms with Gasteiger partial charge < -0.3 is 19.8 Å². The van der Waals surface area contributed by atoms with E-state index < -0.39 is 5.97 Å². The number of benzene rings is 1. The molecule has 2 heterocycles. The molecule has 132 valence electrons. The molecule has 0 fully saturated rings. The van der Waals surface area contributed by atoms with Crippen LogP contribution in [0.3, 0.4) is 0 Å². The smallest absolute Gasteiger partial charge is 0.357 e. The Bertz CT molecular complexity index is 1030. The lowest BCUT2D eigenvalue weighted by atomic mass is 10.2. The Morgan fingerprint density at radius 3 is 2.58 bits per heavy atom. The van der Waals surface area contributed by atoms with Crippen LogP contribution in [0.2, 0.25) is 0 Å². The molecule has 0 aliphatic heterocycles. The highest BCUT2D eigenvalue weighted by Crippen LogP contribution is 2.28. The van der Waals surface area contributed by atoms with Gasteiger partial charge in [0, 0.05) is 18.3 Å². The van der Waals surface area contributed by atoms with Gasteiger partial charge in [-0.3, -0.25) is 0 Å². The van der Waals surface area contributed by atoms with Crippen LogP contribution in [-0.2, 0) is 4.74 Å². The Morgan fingerprint density at radius 1 is 1.27 bits per heavy atom. The van der Waals surface area contributed by atoms with Crippen LogP contribution in [0.25, 0.3) is 11.4 Å². The molecule has 10 nitrogen and oxygen atoms in total. The van der Waals surface area contributed by atoms with Gasteiger partial charge in [0.05, 0.1) is 36.8 Å². The number of esters is 1. The second-order valence-corrected chi connectivity index (χ2v) is 5.31. The van der Waals surface area contributed by atoms with E-state index in [4.69, 9.17) is 15.2 Å². The van der Waals surface area contributed by atoms with Crippen LogP contribution in [0.5, 0.6) is 5.75 Å². The van der Waals surface area contributed by atoms with Gasteiger partial charge in [0.25, 0.3) is 0 Å². The summed E-state index contributed by atoms with van der Waals surface area (Å²) in [4.78, 5) is 12.2. The number of nitriles is 1. The topological polar surface area (TPSA) is 134 Å². The van der Waals surface area contributed by atoms with Crippen molar-refractivity contribution in [3.8, 4) is 23.2 Å². The Labute approximate surface area is 148 Å². The number of methoxy groups -OCH3 is 2. The van der Waals surface area contributed by atoms with Crippen molar-refractivity contribution in [1.82, 2.24) is 24.8 Å². The fourth-order valence-corrected chi connectivity index (χ4v) is 2.54. The Morgan fingerprint density at radius 2 is 2.00 bits per heavy atom. The van der Waals surface area contributed by atoms with E-state index in [0.29, 0.717) is 22.9 Å². The van der Waals surface area contributed by atoms with E-state index >= 15 is 0 Å². The predicted molar refractivity (Wildman–Crippen MR) is 90.2 cm³/mol. The lowest BCUT2D eigenvalue weighted by Gasteiger charge is -2.12. The quantitative estimate of drug-likeness (QED) is 0.687. The molecule has 1 aromatic carbocycles. The van der Waals surface area contributed by atoms with Gasteiger partial charge in [-0.25, -0.2) is 4.79 Å². The number of tetrazole rings is 1. The molecule has 26 heavy (non-hydrogen) atoms. The van der Waals surface area contributed by atoms with Gasteiger partial charge in [-0.05, 0) is 23.4 Å². The highest BCUT2D eigenvalue weighted by molar-refractivity contribution is 5.96. The summed E-state index contributed by atoms with van der Waals surface area (Å²) in [6, 6.07) is 7.13. The number of aromatic nitrogens is 5. The summed E-state index contributed by atoms with van der Waals surface area (Å²) in [5, 5.41) is 20.7. The number of carbonyl (C=O) groups is 1. The summed E-state index contributed by atoms with van der Waals surface area (Å²) in [5.74, 6) is 0.420. The fraction of sp³-hybridized carbons (Fsp3) is 0.188. The molecule has 0 radical (unpaired) electrons. The summed E-state index contributed by atoms with van der Waals surface area (Å²) in [7, 11) is 2.76. The number of rotatable bonds is 4. The van der Waals surface area contributed by atoms with Crippen LogP contribution in [0.1, 0.15) is 21.9 Å². The predicted octanol–water partition coefficient (Wildman–Crippen LogP) is 1.01. The van der Waals surface area contributed by atoms with Crippen molar-refractivity contribution in [3.05, 3.63) is 41.5 Å². The number of ether oxygens (including phenoxy) is 2. The molecule has 0 spiro atoms. The molecule has 0 saturated heterocycles. The zero-order valence-electron chi connectivity index (χ0n) is 14.3. The van der Waals surface area contributed by atoms with E-state index in [1.807, 2.05) is 6.07 Å². The van der Waals surface area contributed by atoms with Crippen LogP contribution in [-0.4, -0.2) is 45.0 Å². The monoisotopic (exact) mass is 353 g/mol. The van der Waals surface area contributed by atoms with Crippen LogP contribution in [0.4, 0.5) is 5.69 Å². The summed E-state index contributed by atoms with van der Waals surface area (Å²) >= 11 is 0. The van der Waals surface area contributed by atoms with E-state index in [-0.39, 0.29) is 16.9 Å². The lowest BCUT2D eigenvalue weighted by molar-refractivity contribution is 0.0593. The first-order valence-corrected chi connectivity index (χ1v) is 7.44. The van der Waals surface area contributed by atoms with Gasteiger partial charge in [0.2, 0.25) is 0 Å². The van der Waals surface area contributed by atoms with Crippen molar-refractivity contribution in [2.24, 2.45) is 0 Å². The number of hydrogen-bond acceptors (Lipinski definition) is 8. The molecule has 0 atom stereocenters. The van der Waals surface area contributed by atoms with Gasteiger partial charge in [0.1, 0.15) is 11.8 Å². The summed E-state index contributed by atoms with van der Waals surface area (Å²) in [6.07, 6.45) is 1.46. The van der Waals surface area contributed by atoms with Crippen molar-refractivity contribution in [2.45, 2.75) is 6.92 Å². The highest BCUT2D eigenvalue weighted by Gasteiger charge is 2.22. The molecule has 0 aliphatic rings. The van der Waals surface area contributed by atoms with E-state index in [2.05, 4.69) is 15.5 Å². The van der Waals surface area contributed by atoms with Crippen molar-refractivity contribution >= 4 is 11.7 Å². The number of hydrogen-bond donors (Lipinski definition) is 1. The first-order valence-electron chi connectivity index (χ1n) is 7.44. The van der Waals surface area contributed by atoms with Crippen molar-refractivity contribution < 1.29 is 14.3 Å². The van der Waals surface area contributed by atoms with Gasteiger partial charge >= 0.3 is 5.97 Å². The molecule has 2 aromatic heterocycles. The van der Waals surface area contributed by atoms with Gasteiger partial charge in [0.15, 0.2) is 11.5 Å². The normalized spacial score (nSPS) is 10.4. The number of anilines is 1. The molecule has 0 amide bonds. The zero-order chi connectivity index (χ0) is 18.8. The van der Waals surface area contributed by atoms with Crippen LogP contribution in [0.15, 0.2) is 24.4 Å². The Kier molecular flexibility index (Phi) is 4.28. The van der Waals surface area contributed by atoms with E-state index in [1.54, 1.807) is 25.1 Å². The minimum absolute atomic E-state index is 0.0438. The van der Waals surface area contributed by atoms with Crippen molar-refractivity contribution in [2.75, 3.05) is 20.0 Å². The molecule has 3 rings (SSSR count). The van der Waals surface area contributed by atoms with Gasteiger partial charge in [-0.1, -0.05) is 0 Å². The number of nitrogens with two attached hydrogens (primary N) is 1. The summed E-state index contributed by atoms with van der Waals surface area (Å²) < 4.78 is 13.1. The van der Waals surface area contributed by atoms with Crippen molar-refractivity contribution in [3.63, 3.8) is 0 Å². The lowest BCUT2D eigenvalue weighted by Crippen LogP contribution is -2.11. The number of aryl methyl sites for hydroxylation is 1. The number of nitrogens with zero attached hydrogens (tertiary/aromatic N) is 6. The average Bonchev–Trinajstić information content (AvgIpc) is 3.23.